The maximum absolute atomic E-state index is 6.60. The van der Waals surface area contributed by atoms with Crippen molar-refractivity contribution in [2.75, 3.05) is 0 Å². The number of furan rings is 1. The molecule has 0 aliphatic rings. The van der Waals surface area contributed by atoms with Crippen LogP contribution in [0.15, 0.2) is 187 Å². The number of hydrogen-bond donors (Lipinski definition) is 0. The summed E-state index contributed by atoms with van der Waals surface area (Å²) in [6.45, 7) is 0. The van der Waals surface area contributed by atoms with E-state index in [0.717, 1.165) is 82.9 Å². The molecule has 0 N–H and O–H groups in total. The Kier molecular flexibility index (Phi) is 7.40. The van der Waals surface area contributed by atoms with Crippen molar-refractivity contribution in [2.45, 2.75) is 0 Å². The third-order valence-electron chi connectivity index (χ3n) is 9.77. The van der Waals surface area contributed by atoms with Gasteiger partial charge in [0.05, 0.1) is 5.69 Å². The van der Waals surface area contributed by atoms with E-state index in [9.17, 15) is 0 Å². The molecule has 0 fully saturated rings. The van der Waals surface area contributed by atoms with Gasteiger partial charge in [-0.15, -0.1) is 0 Å². The third-order valence-corrected chi connectivity index (χ3v) is 9.77. The van der Waals surface area contributed by atoms with Gasteiger partial charge in [-0.2, -0.15) is 0 Å². The molecule has 3 heterocycles. The van der Waals surface area contributed by atoms with E-state index in [2.05, 4.69) is 96.0 Å². The van der Waals surface area contributed by atoms with Crippen LogP contribution in [-0.2, 0) is 0 Å². The molecule has 0 radical (unpaired) electrons. The van der Waals surface area contributed by atoms with Gasteiger partial charge in [0.1, 0.15) is 11.2 Å². The van der Waals surface area contributed by atoms with E-state index in [4.69, 9.17) is 19.4 Å². The zero-order valence-electron chi connectivity index (χ0n) is 28.5. The van der Waals surface area contributed by atoms with Gasteiger partial charge < -0.3 is 4.42 Å². The normalized spacial score (nSPS) is 11.4. The zero-order chi connectivity index (χ0) is 35.1. The molecule has 0 amide bonds. The standard InChI is InChI=1S/C48H30N4O/c1-3-14-31(15-4-1)46-50-47(32-16-5-2-6-17-32)52-48(51-46)36-21-12-19-34(29-36)33-18-11-20-35(28-33)40-30-41-44-39(42-25-9-10-27-49-42)24-13-26-43(44)53-45(41)38-23-8-7-22-37(38)40/h1-30H. The number of benzene rings is 7. The van der Waals surface area contributed by atoms with Crippen molar-refractivity contribution in [3.63, 3.8) is 0 Å². The van der Waals surface area contributed by atoms with E-state index in [1.54, 1.807) is 0 Å². The molecule has 0 unspecified atom stereocenters. The van der Waals surface area contributed by atoms with Crippen molar-refractivity contribution in [3.05, 3.63) is 182 Å². The molecule has 248 valence electrons. The van der Waals surface area contributed by atoms with Gasteiger partial charge in [-0.05, 0) is 64.0 Å². The van der Waals surface area contributed by atoms with Crippen LogP contribution in [0.4, 0.5) is 0 Å². The lowest BCUT2D eigenvalue weighted by molar-refractivity contribution is 0.673. The van der Waals surface area contributed by atoms with Crippen LogP contribution in [0.2, 0.25) is 0 Å². The number of hydrogen-bond acceptors (Lipinski definition) is 5. The monoisotopic (exact) mass is 678 g/mol. The first-order valence-corrected chi connectivity index (χ1v) is 17.6. The van der Waals surface area contributed by atoms with Crippen LogP contribution >= 0.6 is 0 Å². The van der Waals surface area contributed by atoms with E-state index in [1.165, 1.54) is 0 Å². The van der Waals surface area contributed by atoms with Gasteiger partial charge >= 0.3 is 0 Å². The predicted molar refractivity (Wildman–Crippen MR) is 215 cm³/mol. The second-order valence-corrected chi connectivity index (χ2v) is 13.0. The molecule has 0 saturated carbocycles. The van der Waals surface area contributed by atoms with E-state index in [1.807, 2.05) is 91.1 Å². The smallest absolute Gasteiger partial charge is 0.164 e. The first-order chi connectivity index (χ1) is 26.3. The highest BCUT2D eigenvalue weighted by Gasteiger charge is 2.19. The molecular formula is C48H30N4O. The second-order valence-electron chi connectivity index (χ2n) is 13.0. The van der Waals surface area contributed by atoms with Crippen LogP contribution in [0.5, 0.6) is 0 Å². The first-order valence-electron chi connectivity index (χ1n) is 17.6. The summed E-state index contributed by atoms with van der Waals surface area (Å²) in [4.78, 5) is 19.5. The highest BCUT2D eigenvalue weighted by Crippen LogP contribution is 2.43. The molecule has 5 heteroatoms. The molecule has 7 aromatic carbocycles. The summed E-state index contributed by atoms with van der Waals surface area (Å²) in [6.07, 6.45) is 1.84. The Bertz CT molecular complexity index is 2880. The molecule has 3 aromatic heterocycles. The van der Waals surface area contributed by atoms with Gasteiger partial charge in [-0.1, -0.05) is 140 Å². The molecule has 0 saturated heterocycles. The molecule has 5 nitrogen and oxygen atoms in total. The fraction of sp³-hybridized carbons (Fsp3) is 0. The maximum atomic E-state index is 6.60. The number of pyridine rings is 1. The summed E-state index contributed by atoms with van der Waals surface area (Å²) in [7, 11) is 0. The van der Waals surface area contributed by atoms with Gasteiger partial charge in [0.25, 0.3) is 0 Å². The summed E-state index contributed by atoms with van der Waals surface area (Å²) >= 11 is 0. The Balaban J connectivity index is 1.11. The number of rotatable bonds is 6. The van der Waals surface area contributed by atoms with Gasteiger partial charge in [0.15, 0.2) is 17.5 Å². The van der Waals surface area contributed by atoms with Crippen molar-refractivity contribution >= 4 is 32.7 Å². The Labute approximate surface area is 305 Å². The summed E-state index contributed by atoms with van der Waals surface area (Å²) in [5, 5.41) is 4.35. The highest BCUT2D eigenvalue weighted by molar-refractivity contribution is 6.22. The van der Waals surface area contributed by atoms with Crippen LogP contribution < -0.4 is 0 Å². The molecule has 0 aliphatic heterocycles. The van der Waals surface area contributed by atoms with E-state index in [-0.39, 0.29) is 0 Å². The van der Waals surface area contributed by atoms with E-state index < -0.39 is 0 Å². The summed E-state index contributed by atoms with van der Waals surface area (Å²) in [5.74, 6) is 1.91. The average molecular weight is 679 g/mol. The van der Waals surface area contributed by atoms with Crippen LogP contribution in [0.3, 0.4) is 0 Å². The fourth-order valence-corrected chi connectivity index (χ4v) is 7.26. The van der Waals surface area contributed by atoms with Crippen molar-refractivity contribution in [1.29, 1.82) is 0 Å². The molecule has 53 heavy (non-hydrogen) atoms. The number of aromatic nitrogens is 4. The quantitative estimate of drug-likeness (QED) is 0.175. The molecule has 0 aliphatic carbocycles. The second kappa shape index (κ2) is 12.8. The third kappa shape index (κ3) is 5.52. The molecule has 0 spiro atoms. The molecule has 0 bridgehead atoms. The SMILES string of the molecule is c1ccc(-c2nc(-c3ccccc3)nc(-c3cccc(-c4cccc(-c5cc6c(oc7cccc(-c8ccccn8)c76)c6ccccc56)c4)c3)n2)cc1. The van der Waals surface area contributed by atoms with Crippen LogP contribution in [-0.4, -0.2) is 19.9 Å². The molecule has 0 atom stereocenters. The number of fused-ring (bicyclic) bond motifs is 5. The van der Waals surface area contributed by atoms with Crippen LogP contribution in [0, 0.1) is 0 Å². The van der Waals surface area contributed by atoms with Crippen molar-refractivity contribution in [3.8, 4) is 67.7 Å². The lowest BCUT2D eigenvalue weighted by atomic mass is 9.92. The average Bonchev–Trinajstić information content (AvgIpc) is 3.63. The minimum Gasteiger partial charge on any atom is -0.455 e. The first kappa shape index (κ1) is 30.6. The fourth-order valence-electron chi connectivity index (χ4n) is 7.26. The maximum Gasteiger partial charge on any atom is 0.164 e. The van der Waals surface area contributed by atoms with Gasteiger partial charge in [-0.3, -0.25) is 4.98 Å². The van der Waals surface area contributed by atoms with Crippen molar-refractivity contribution in [1.82, 2.24) is 19.9 Å². The van der Waals surface area contributed by atoms with Crippen molar-refractivity contribution in [2.24, 2.45) is 0 Å². The number of nitrogens with zero attached hydrogens (tertiary/aromatic N) is 4. The zero-order valence-corrected chi connectivity index (χ0v) is 28.5. The Morgan fingerprint density at radius 2 is 0.906 bits per heavy atom. The minimum absolute atomic E-state index is 0.628. The predicted octanol–water partition coefficient (Wildman–Crippen LogP) is 12.3. The van der Waals surface area contributed by atoms with Crippen LogP contribution in [0.1, 0.15) is 0 Å². The lowest BCUT2D eigenvalue weighted by Gasteiger charge is -2.12. The Morgan fingerprint density at radius 1 is 0.358 bits per heavy atom. The molecule has 10 rings (SSSR count). The minimum atomic E-state index is 0.628. The van der Waals surface area contributed by atoms with Crippen molar-refractivity contribution < 1.29 is 4.42 Å². The van der Waals surface area contributed by atoms with Gasteiger partial charge in [-0.25, -0.2) is 15.0 Å². The van der Waals surface area contributed by atoms with E-state index in [0.29, 0.717) is 17.5 Å². The van der Waals surface area contributed by atoms with Gasteiger partial charge in [0, 0.05) is 44.6 Å². The van der Waals surface area contributed by atoms with E-state index >= 15 is 0 Å². The summed E-state index contributed by atoms with van der Waals surface area (Å²) in [5.41, 5.74) is 10.9. The van der Waals surface area contributed by atoms with Gasteiger partial charge in [0.2, 0.25) is 0 Å². The van der Waals surface area contributed by atoms with Crippen LogP contribution in [0.25, 0.3) is 100 Å². The summed E-state index contributed by atoms with van der Waals surface area (Å²) in [6, 6.07) is 60.3. The molecule has 10 aromatic rings. The largest absolute Gasteiger partial charge is 0.455 e. The summed E-state index contributed by atoms with van der Waals surface area (Å²) < 4.78 is 6.60. The Hall–Kier alpha value is -7.24. The molecular weight excluding hydrogens is 649 g/mol. The highest BCUT2D eigenvalue weighted by atomic mass is 16.3. The lowest BCUT2D eigenvalue weighted by Crippen LogP contribution is -2.00. The Morgan fingerprint density at radius 3 is 1.58 bits per heavy atom. The topological polar surface area (TPSA) is 64.7 Å².